The topological polar surface area (TPSA) is 75.2 Å². The molecule has 0 amide bonds. The van der Waals surface area contributed by atoms with E-state index in [1.165, 1.54) is 0 Å². The van der Waals surface area contributed by atoms with Gasteiger partial charge in [-0.3, -0.25) is 0 Å². The van der Waals surface area contributed by atoms with Crippen LogP contribution in [0.5, 0.6) is 0 Å². The van der Waals surface area contributed by atoms with Crippen LogP contribution in [0.3, 0.4) is 0 Å². The van der Waals surface area contributed by atoms with Gasteiger partial charge < -0.3 is 19.8 Å². The van der Waals surface area contributed by atoms with Gasteiger partial charge in [-0.2, -0.15) is 0 Å². The lowest BCUT2D eigenvalue weighted by atomic mass is 10.2. The van der Waals surface area contributed by atoms with Crippen molar-refractivity contribution in [3.63, 3.8) is 0 Å². The van der Waals surface area contributed by atoms with E-state index >= 15 is 0 Å². The monoisotopic (exact) mass is 242 g/mol. The summed E-state index contributed by atoms with van der Waals surface area (Å²) in [5.74, 6) is 0.728. The smallest absolute Gasteiger partial charge is 0.152 e. The highest BCUT2D eigenvalue weighted by atomic mass is 16.5. The minimum absolute atomic E-state index is 0.199. The number of rotatable bonds is 6. The van der Waals surface area contributed by atoms with Gasteiger partial charge >= 0.3 is 0 Å². The van der Waals surface area contributed by atoms with E-state index in [-0.39, 0.29) is 11.6 Å². The summed E-state index contributed by atoms with van der Waals surface area (Å²) in [5, 5.41) is 7.88. The van der Waals surface area contributed by atoms with Gasteiger partial charge in [0, 0.05) is 13.7 Å². The van der Waals surface area contributed by atoms with Crippen LogP contribution < -0.4 is 5.73 Å². The molecule has 6 nitrogen and oxygen atoms in total. The van der Waals surface area contributed by atoms with Crippen LogP contribution in [0.4, 0.5) is 0 Å². The van der Waals surface area contributed by atoms with Crippen molar-refractivity contribution in [2.75, 3.05) is 20.3 Å². The first kappa shape index (κ1) is 14.1. The summed E-state index contributed by atoms with van der Waals surface area (Å²) >= 11 is 0. The van der Waals surface area contributed by atoms with Crippen LogP contribution in [0.1, 0.15) is 32.6 Å². The molecule has 0 aliphatic heterocycles. The Labute approximate surface area is 102 Å². The predicted octanol–water partition coefficient (Wildman–Crippen LogP) is 0.739. The second kappa shape index (κ2) is 6.09. The van der Waals surface area contributed by atoms with Gasteiger partial charge in [-0.15, -0.1) is 10.2 Å². The number of ether oxygens (including phenoxy) is 2. The average Bonchev–Trinajstić information content (AvgIpc) is 2.70. The first-order valence-electron chi connectivity index (χ1n) is 5.70. The number of nitrogens with two attached hydrogens (primary N) is 1. The summed E-state index contributed by atoms with van der Waals surface area (Å²) < 4.78 is 12.5. The Bertz CT molecular complexity index is 332. The number of hydrogen-bond donors (Lipinski definition) is 1. The quantitative estimate of drug-likeness (QED) is 0.796. The van der Waals surface area contributed by atoms with Gasteiger partial charge in [-0.25, -0.2) is 0 Å². The van der Waals surface area contributed by atoms with E-state index in [9.17, 15) is 0 Å². The largest absolute Gasteiger partial charge is 0.383 e. The predicted molar refractivity (Wildman–Crippen MR) is 64.5 cm³/mol. The molecule has 0 spiro atoms. The normalized spacial score (nSPS) is 13.9. The second-order valence-corrected chi connectivity index (χ2v) is 4.91. The van der Waals surface area contributed by atoms with Gasteiger partial charge in [0.05, 0.1) is 24.9 Å². The summed E-state index contributed by atoms with van der Waals surface area (Å²) in [6, 6.07) is -0.270. The Morgan fingerprint density at radius 1 is 1.47 bits per heavy atom. The summed E-state index contributed by atoms with van der Waals surface area (Å²) in [4.78, 5) is 0. The number of nitrogens with zero attached hydrogens (tertiary/aromatic N) is 3. The molecule has 1 heterocycles. The lowest BCUT2D eigenvalue weighted by molar-refractivity contribution is -0.0116. The minimum Gasteiger partial charge on any atom is -0.383 e. The molecule has 0 aliphatic rings. The summed E-state index contributed by atoms with van der Waals surface area (Å²) in [6.45, 7) is 7.72. The van der Waals surface area contributed by atoms with Crippen LogP contribution in [0, 0.1) is 0 Å². The number of aromatic nitrogens is 3. The maximum absolute atomic E-state index is 6.03. The highest BCUT2D eigenvalue weighted by molar-refractivity contribution is 4.94. The molecule has 1 aromatic rings. The summed E-state index contributed by atoms with van der Waals surface area (Å²) in [6.07, 6.45) is 1.66. The average molecular weight is 242 g/mol. The molecule has 17 heavy (non-hydrogen) atoms. The summed E-state index contributed by atoms with van der Waals surface area (Å²) in [5.41, 5.74) is 5.83. The second-order valence-electron chi connectivity index (χ2n) is 4.91. The van der Waals surface area contributed by atoms with E-state index in [2.05, 4.69) is 10.2 Å². The fraction of sp³-hybridized carbons (Fsp3) is 0.818. The van der Waals surface area contributed by atoms with E-state index in [0.29, 0.717) is 19.8 Å². The maximum Gasteiger partial charge on any atom is 0.152 e. The van der Waals surface area contributed by atoms with Crippen LogP contribution in [-0.4, -0.2) is 40.7 Å². The van der Waals surface area contributed by atoms with E-state index < -0.39 is 0 Å². The third-order valence-electron chi connectivity index (χ3n) is 2.21. The third kappa shape index (κ3) is 4.80. The lowest BCUT2D eigenvalue weighted by Gasteiger charge is -2.22. The molecule has 0 aromatic carbocycles. The van der Waals surface area contributed by atoms with Gasteiger partial charge in [-0.05, 0) is 20.8 Å². The molecule has 1 aromatic heterocycles. The van der Waals surface area contributed by atoms with Crippen molar-refractivity contribution in [1.29, 1.82) is 0 Å². The molecular weight excluding hydrogens is 220 g/mol. The van der Waals surface area contributed by atoms with Crippen LogP contribution in [0.25, 0.3) is 0 Å². The van der Waals surface area contributed by atoms with Gasteiger partial charge in [0.2, 0.25) is 0 Å². The van der Waals surface area contributed by atoms with Crippen molar-refractivity contribution in [2.45, 2.75) is 39.0 Å². The van der Waals surface area contributed by atoms with Crippen molar-refractivity contribution < 1.29 is 9.47 Å². The lowest BCUT2D eigenvalue weighted by Crippen LogP contribution is -2.28. The van der Waals surface area contributed by atoms with Crippen LogP contribution in [0.2, 0.25) is 0 Å². The molecule has 0 unspecified atom stereocenters. The summed E-state index contributed by atoms with van der Waals surface area (Å²) in [7, 11) is 1.66. The molecule has 0 bridgehead atoms. The molecule has 2 N–H and O–H groups in total. The minimum atomic E-state index is -0.270. The molecule has 6 heteroatoms. The Morgan fingerprint density at radius 2 is 2.18 bits per heavy atom. The van der Waals surface area contributed by atoms with Crippen LogP contribution in [-0.2, 0) is 16.0 Å². The number of methoxy groups -OCH3 is 1. The van der Waals surface area contributed by atoms with E-state index in [1.807, 2.05) is 25.3 Å². The maximum atomic E-state index is 6.03. The molecule has 0 aliphatic carbocycles. The molecular formula is C11H22N4O2. The Kier molecular flexibility index (Phi) is 5.04. The molecule has 1 atom stereocenters. The molecule has 1 rings (SSSR count). The Morgan fingerprint density at radius 3 is 2.76 bits per heavy atom. The van der Waals surface area contributed by atoms with Crippen LogP contribution >= 0.6 is 0 Å². The van der Waals surface area contributed by atoms with Crippen molar-refractivity contribution >= 4 is 0 Å². The molecule has 0 radical (unpaired) electrons. The highest BCUT2D eigenvalue weighted by Crippen LogP contribution is 2.13. The molecule has 0 saturated carbocycles. The van der Waals surface area contributed by atoms with Gasteiger partial charge in [0.15, 0.2) is 5.82 Å². The molecule has 98 valence electrons. The van der Waals surface area contributed by atoms with Gasteiger partial charge in [0.25, 0.3) is 0 Å². The zero-order valence-electron chi connectivity index (χ0n) is 11.0. The molecule has 0 saturated heterocycles. The first-order valence-corrected chi connectivity index (χ1v) is 5.70. The Hall–Kier alpha value is -0.980. The van der Waals surface area contributed by atoms with Crippen molar-refractivity contribution in [3.8, 4) is 0 Å². The fourth-order valence-corrected chi connectivity index (χ4v) is 1.33. The zero-order chi connectivity index (χ0) is 12.9. The molecule has 0 fully saturated rings. The number of hydrogen-bond acceptors (Lipinski definition) is 5. The fourth-order valence-electron chi connectivity index (χ4n) is 1.33. The van der Waals surface area contributed by atoms with E-state index in [1.54, 1.807) is 13.4 Å². The SMILES string of the molecule is COCCn1cnnc1[C@@H](N)COC(C)(C)C. The van der Waals surface area contributed by atoms with E-state index in [0.717, 1.165) is 5.82 Å². The standard InChI is InChI=1S/C11H22N4O2/c1-11(2,3)17-7-9(12)10-14-13-8-15(10)5-6-16-4/h8-9H,5-7,12H2,1-4H3/t9-/m0/s1. The van der Waals surface area contributed by atoms with Gasteiger partial charge in [0.1, 0.15) is 6.33 Å². The Balaban J connectivity index is 2.56. The first-order chi connectivity index (χ1) is 7.94. The van der Waals surface area contributed by atoms with Gasteiger partial charge in [-0.1, -0.05) is 0 Å². The third-order valence-corrected chi connectivity index (χ3v) is 2.21. The van der Waals surface area contributed by atoms with Crippen molar-refractivity contribution in [2.24, 2.45) is 5.73 Å². The zero-order valence-corrected chi connectivity index (χ0v) is 11.0. The van der Waals surface area contributed by atoms with Crippen molar-refractivity contribution in [3.05, 3.63) is 12.2 Å². The van der Waals surface area contributed by atoms with E-state index in [4.69, 9.17) is 15.2 Å². The highest BCUT2D eigenvalue weighted by Gasteiger charge is 2.17. The van der Waals surface area contributed by atoms with Crippen molar-refractivity contribution in [1.82, 2.24) is 14.8 Å². The van der Waals surface area contributed by atoms with Crippen LogP contribution in [0.15, 0.2) is 6.33 Å².